The molecule has 2 aromatic heterocycles. The number of anilines is 1. The Kier molecular flexibility index (Phi) is 3.16. The molecule has 0 bridgehead atoms. The highest BCUT2D eigenvalue weighted by molar-refractivity contribution is 7.99. The lowest BCUT2D eigenvalue weighted by molar-refractivity contribution is 0.489. The van der Waals surface area contributed by atoms with E-state index < -0.39 is 0 Å². The van der Waals surface area contributed by atoms with Gasteiger partial charge in [-0.1, -0.05) is 11.8 Å². The smallest absolute Gasteiger partial charge is 0.256 e. The fourth-order valence-corrected chi connectivity index (χ4v) is 2.63. The van der Waals surface area contributed by atoms with Crippen LogP contribution in [0.2, 0.25) is 0 Å². The zero-order valence-corrected chi connectivity index (χ0v) is 11.4. The first kappa shape index (κ1) is 12.1. The third-order valence-corrected chi connectivity index (χ3v) is 3.68. The number of nitrogens with zero attached hydrogens (tertiary/aromatic N) is 3. The monoisotopic (exact) mass is 274 g/mol. The van der Waals surface area contributed by atoms with Gasteiger partial charge in [-0.05, 0) is 19.1 Å². The molecule has 0 aliphatic carbocycles. The van der Waals surface area contributed by atoms with Crippen molar-refractivity contribution in [1.29, 1.82) is 0 Å². The van der Waals surface area contributed by atoms with Crippen LogP contribution in [0.5, 0.6) is 0 Å². The Hall–Kier alpha value is -1.95. The fourth-order valence-electron chi connectivity index (χ4n) is 1.85. The number of nitrogens with two attached hydrogens (primary N) is 1. The number of fused-ring (bicyclic) bond motifs is 1. The van der Waals surface area contributed by atoms with Gasteiger partial charge in [0.25, 0.3) is 5.22 Å². The maximum absolute atomic E-state index is 5.71. The second kappa shape index (κ2) is 4.97. The first-order chi connectivity index (χ1) is 9.22. The van der Waals surface area contributed by atoms with Gasteiger partial charge in [0.05, 0.1) is 0 Å². The number of thioether (sulfide) groups is 1. The molecule has 98 valence electrons. The Labute approximate surface area is 114 Å². The molecule has 1 aromatic carbocycles. The van der Waals surface area contributed by atoms with Gasteiger partial charge in [0.2, 0.25) is 0 Å². The van der Waals surface area contributed by atoms with E-state index in [1.54, 1.807) is 17.8 Å². The van der Waals surface area contributed by atoms with Crippen LogP contribution in [0.1, 0.15) is 5.82 Å². The zero-order valence-electron chi connectivity index (χ0n) is 10.5. The van der Waals surface area contributed by atoms with Gasteiger partial charge in [-0.15, -0.1) is 0 Å². The molecule has 0 amide bonds. The summed E-state index contributed by atoms with van der Waals surface area (Å²) in [6.45, 7) is 2.88. The minimum Gasteiger partial charge on any atom is -0.431 e. The molecule has 6 heteroatoms. The number of aryl methyl sites for hydroxylation is 2. The summed E-state index contributed by atoms with van der Waals surface area (Å²) in [5.41, 5.74) is 7.98. The molecule has 0 aliphatic heterocycles. The van der Waals surface area contributed by atoms with Crippen molar-refractivity contribution < 1.29 is 4.42 Å². The summed E-state index contributed by atoms with van der Waals surface area (Å²) in [5, 5.41) is 0.679. The van der Waals surface area contributed by atoms with Crippen molar-refractivity contribution >= 4 is 28.5 Å². The van der Waals surface area contributed by atoms with E-state index in [2.05, 4.69) is 14.5 Å². The van der Waals surface area contributed by atoms with Crippen molar-refractivity contribution in [3.63, 3.8) is 0 Å². The maximum atomic E-state index is 5.71. The van der Waals surface area contributed by atoms with Crippen LogP contribution in [0.25, 0.3) is 11.1 Å². The summed E-state index contributed by atoms with van der Waals surface area (Å²) in [5.74, 6) is 1.91. The number of aromatic nitrogens is 3. The molecule has 0 aliphatic rings. The van der Waals surface area contributed by atoms with Crippen molar-refractivity contribution in [2.45, 2.75) is 18.7 Å². The largest absolute Gasteiger partial charge is 0.431 e. The number of nitrogen functional groups attached to an aromatic ring is 1. The molecule has 3 aromatic rings. The molecule has 2 heterocycles. The Morgan fingerprint density at radius 2 is 2.32 bits per heavy atom. The van der Waals surface area contributed by atoms with Crippen molar-refractivity contribution in [3.05, 3.63) is 36.4 Å². The third kappa shape index (κ3) is 2.58. The molecule has 2 N–H and O–H groups in total. The van der Waals surface area contributed by atoms with Gasteiger partial charge in [-0.25, -0.2) is 9.97 Å². The molecule has 0 spiro atoms. The van der Waals surface area contributed by atoms with Crippen molar-refractivity contribution in [3.8, 4) is 0 Å². The van der Waals surface area contributed by atoms with E-state index >= 15 is 0 Å². The van der Waals surface area contributed by atoms with Crippen molar-refractivity contribution in [1.82, 2.24) is 14.5 Å². The molecule has 0 saturated carbocycles. The average molecular weight is 274 g/mol. The quantitative estimate of drug-likeness (QED) is 0.585. The SMILES string of the molecule is Cc1nccn1CCSc1nc2ccc(N)cc2o1. The molecule has 5 nitrogen and oxygen atoms in total. The Balaban J connectivity index is 1.67. The molecular weight excluding hydrogens is 260 g/mol. The second-order valence-electron chi connectivity index (χ2n) is 4.22. The predicted molar refractivity (Wildman–Crippen MR) is 76.1 cm³/mol. The van der Waals surface area contributed by atoms with Gasteiger partial charge in [-0.2, -0.15) is 0 Å². The lowest BCUT2D eigenvalue weighted by Gasteiger charge is -2.02. The lowest BCUT2D eigenvalue weighted by Crippen LogP contribution is -2.01. The summed E-state index contributed by atoms with van der Waals surface area (Å²) in [7, 11) is 0. The van der Waals surface area contributed by atoms with Gasteiger partial charge < -0.3 is 14.7 Å². The van der Waals surface area contributed by atoms with Crippen LogP contribution in [-0.2, 0) is 6.54 Å². The minimum absolute atomic E-state index is 0.679. The molecular formula is C13H14N4OS. The Morgan fingerprint density at radius 1 is 1.42 bits per heavy atom. The number of oxazole rings is 1. The van der Waals surface area contributed by atoms with E-state index in [9.17, 15) is 0 Å². The van der Waals surface area contributed by atoms with Crippen LogP contribution in [0.15, 0.2) is 40.2 Å². The molecule has 0 saturated heterocycles. The van der Waals surface area contributed by atoms with Crippen molar-refractivity contribution in [2.24, 2.45) is 0 Å². The summed E-state index contributed by atoms with van der Waals surface area (Å²) in [6.07, 6.45) is 3.78. The van der Waals surface area contributed by atoms with Crippen LogP contribution in [0, 0.1) is 6.92 Å². The summed E-state index contributed by atoms with van der Waals surface area (Å²) >= 11 is 1.59. The predicted octanol–water partition coefficient (Wildman–Crippen LogP) is 2.71. The highest BCUT2D eigenvalue weighted by atomic mass is 32.2. The number of imidazole rings is 1. The highest BCUT2D eigenvalue weighted by Gasteiger charge is 2.06. The summed E-state index contributed by atoms with van der Waals surface area (Å²) in [6, 6.07) is 5.50. The van der Waals surface area contributed by atoms with Crippen LogP contribution in [0.4, 0.5) is 5.69 Å². The standard InChI is InChI=1S/C13H14N4OS/c1-9-15-4-5-17(9)6-7-19-13-16-11-3-2-10(14)8-12(11)18-13/h2-5,8H,6-7,14H2,1H3. The molecule has 0 unspecified atom stereocenters. The van der Waals surface area contributed by atoms with Crippen LogP contribution >= 0.6 is 11.8 Å². The topological polar surface area (TPSA) is 69.9 Å². The van der Waals surface area contributed by atoms with E-state index in [1.165, 1.54) is 0 Å². The number of benzene rings is 1. The molecule has 3 rings (SSSR count). The lowest BCUT2D eigenvalue weighted by atomic mass is 10.3. The normalized spacial score (nSPS) is 11.2. The van der Waals surface area contributed by atoms with E-state index in [1.807, 2.05) is 31.5 Å². The van der Waals surface area contributed by atoms with Gasteiger partial charge >= 0.3 is 0 Å². The molecule has 0 atom stereocenters. The zero-order chi connectivity index (χ0) is 13.2. The number of hydrogen-bond acceptors (Lipinski definition) is 5. The summed E-state index contributed by atoms with van der Waals surface area (Å²) in [4.78, 5) is 8.60. The van der Waals surface area contributed by atoms with Gasteiger partial charge in [0.1, 0.15) is 11.3 Å². The van der Waals surface area contributed by atoms with E-state index in [0.29, 0.717) is 10.9 Å². The Morgan fingerprint density at radius 3 is 3.11 bits per heavy atom. The minimum atomic E-state index is 0.679. The van der Waals surface area contributed by atoms with Crippen LogP contribution in [0.3, 0.4) is 0 Å². The number of rotatable bonds is 4. The van der Waals surface area contributed by atoms with Crippen molar-refractivity contribution in [2.75, 3.05) is 11.5 Å². The van der Waals surface area contributed by atoms with Gasteiger partial charge in [0.15, 0.2) is 5.58 Å². The second-order valence-corrected chi connectivity index (χ2v) is 5.27. The summed E-state index contributed by atoms with van der Waals surface area (Å²) < 4.78 is 7.75. The molecule has 0 radical (unpaired) electrons. The van der Waals surface area contributed by atoms with Crippen LogP contribution < -0.4 is 5.73 Å². The number of hydrogen-bond donors (Lipinski definition) is 1. The van der Waals surface area contributed by atoms with Gasteiger partial charge in [0, 0.05) is 36.4 Å². The molecule has 19 heavy (non-hydrogen) atoms. The van der Waals surface area contributed by atoms with E-state index in [4.69, 9.17) is 10.2 Å². The fraction of sp³-hybridized carbons (Fsp3) is 0.231. The first-order valence-corrected chi connectivity index (χ1v) is 6.97. The van der Waals surface area contributed by atoms with E-state index in [-0.39, 0.29) is 0 Å². The average Bonchev–Trinajstić information content (AvgIpc) is 2.95. The third-order valence-electron chi connectivity index (χ3n) is 2.87. The maximum Gasteiger partial charge on any atom is 0.256 e. The highest BCUT2D eigenvalue weighted by Crippen LogP contribution is 2.24. The van der Waals surface area contributed by atoms with E-state index in [0.717, 1.165) is 29.2 Å². The first-order valence-electron chi connectivity index (χ1n) is 5.99. The Bertz CT molecular complexity index is 704. The molecule has 0 fully saturated rings. The van der Waals surface area contributed by atoms with Gasteiger partial charge in [-0.3, -0.25) is 0 Å². The van der Waals surface area contributed by atoms with Crippen LogP contribution in [-0.4, -0.2) is 20.3 Å².